The summed E-state index contributed by atoms with van der Waals surface area (Å²) < 4.78 is 5.32. The first-order valence-electron chi connectivity index (χ1n) is 7.24. The Morgan fingerprint density at radius 1 is 1.10 bits per heavy atom. The third kappa shape index (κ3) is 2.64. The van der Waals surface area contributed by atoms with Crippen LogP contribution in [-0.2, 0) is 4.79 Å². The number of aryl methyl sites for hydroxylation is 1. The van der Waals surface area contributed by atoms with Gasteiger partial charge in [0.1, 0.15) is 5.75 Å². The normalized spacial score (nSPS) is 14.6. The highest BCUT2D eigenvalue weighted by atomic mass is 16.5. The third-order valence-electron chi connectivity index (χ3n) is 3.93. The highest BCUT2D eigenvalue weighted by Gasteiger charge is 2.24. The van der Waals surface area contributed by atoms with Gasteiger partial charge < -0.3 is 9.64 Å². The molecule has 108 valence electrons. The molecule has 3 rings (SSSR count). The van der Waals surface area contributed by atoms with Crippen LogP contribution in [-0.4, -0.2) is 19.6 Å². The lowest BCUT2D eigenvalue weighted by atomic mass is 10.0. The number of nitrogens with zero attached hydrogens (tertiary/aromatic N) is 1. The van der Waals surface area contributed by atoms with Crippen molar-refractivity contribution in [2.45, 2.75) is 19.8 Å². The van der Waals surface area contributed by atoms with E-state index < -0.39 is 0 Å². The van der Waals surface area contributed by atoms with Crippen LogP contribution in [0.2, 0.25) is 0 Å². The van der Waals surface area contributed by atoms with Crippen LogP contribution in [0.5, 0.6) is 5.75 Å². The highest BCUT2D eigenvalue weighted by Crippen LogP contribution is 2.36. The number of hydrogen-bond donors (Lipinski definition) is 0. The number of benzene rings is 2. The minimum Gasteiger partial charge on any atom is -0.497 e. The van der Waals surface area contributed by atoms with Crippen LogP contribution < -0.4 is 9.64 Å². The predicted molar refractivity (Wildman–Crippen MR) is 84.8 cm³/mol. The van der Waals surface area contributed by atoms with Crippen molar-refractivity contribution in [3.8, 4) is 16.9 Å². The molecule has 0 radical (unpaired) electrons. The molecule has 2 aromatic carbocycles. The standard InChI is InChI=1S/C18H19NO2/c1-13-5-7-14(8-6-13)16-10-9-15(21-2)12-17(16)19-11-3-4-18(19)20/h5-10,12H,3-4,11H2,1-2H3. The van der Waals surface area contributed by atoms with E-state index in [0.29, 0.717) is 6.42 Å². The second kappa shape index (κ2) is 5.60. The van der Waals surface area contributed by atoms with E-state index in [1.54, 1.807) is 7.11 Å². The zero-order valence-electron chi connectivity index (χ0n) is 12.4. The van der Waals surface area contributed by atoms with Crippen molar-refractivity contribution in [1.29, 1.82) is 0 Å². The number of ether oxygens (including phenoxy) is 1. The molecule has 0 unspecified atom stereocenters. The van der Waals surface area contributed by atoms with Crippen molar-refractivity contribution in [3.63, 3.8) is 0 Å². The van der Waals surface area contributed by atoms with Gasteiger partial charge in [-0.25, -0.2) is 0 Å². The Hall–Kier alpha value is -2.29. The number of rotatable bonds is 3. The van der Waals surface area contributed by atoms with Crippen LogP contribution in [0.4, 0.5) is 5.69 Å². The van der Waals surface area contributed by atoms with Crippen molar-refractivity contribution in [3.05, 3.63) is 48.0 Å². The molecule has 0 bridgehead atoms. The lowest BCUT2D eigenvalue weighted by Crippen LogP contribution is -2.24. The summed E-state index contributed by atoms with van der Waals surface area (Å²) >= 11 is 0. The summed E-state index contributed by atoms with van der Waals surface area (Å²) in [7, 11) is 1.65. The van der Waals surface area contributed by atoms with Gasteiger partial charge in [0.15, 0.2) is 0 Å². The van der Waals surface area contributed by atoms with Gasteiger partial charge in [-0.1, -0.05) is 29.8 Å². The maximum Gasteiger partial charge on any atom is 0.227 e. The number of amides is 1. The summed E-state index contributed by atoms with van der Waals surface area (Å²) in [6.07, 6.45) is 1.55. The molecule has 1 aliphatic heterocycles. The maximum absolute atomic E-state index is 12.1. The topological polar surface area (TPSA) is 29.5 Å². The van der Waals surface area contributed by atoms with Crippen LogP contribution in [0.25, 0.3) is 11.1 Å². The Bertz CT molecular complexity index is 661. The van der Waals surface area contributed by atoms with Crippen LogP contribution in [0.3, 0.4) is 0 Å². The molecule has 2 aromatic rings. The summed E-state index contributed by atoms with van der Waals surface area (Å²) in [5.74, 6) is 0.970. The number of carbonyl (C=O) groups is 1. The van der Waals surface area contributed by atoms with Crippen LogP contribution >= 0.6 is 0 Å². The summed E-state index contributed by atoms with van der Waals surface area (Å²) in [4.78, 5) is 14.0. The van der Waals surface area contributed by atoms with Crippen LogP contribution in [0.1, 0.15) is 18.4 Å². The monoisotopic (exact) mass is 281 g/mol. The molecule has 1 fully saturated rings. The fourth-order valence-corrected chi connectivity index (χ4v) is 2.74. The first-order chi connectivity index (χ1) is 10.2. The molecule has 0 saturated carbocycles. The zero-order valence-corrected chi connectivity index (χ0v) is 12.4. The average Bonchev–Trinajstić information content (AvgIpc) is 2.93. The molecular formula is C18H19NO2. The predicted octanol–water partition coefficient (Wildman–Crippen LogP) is 3.80. The number of hydrogen-bond acceptors (Lipinski definition) is 2. The smallest absolute Gasteiger partial charge is 0.227 e. The number of methoxy groups -OCH3 is 1. The summed E-state index contributed by atoms with van der Waals surface area (Å²) in [5, 5.41) is 0. The van der Waals surface area contributed by atoms with Gasteiger partial charge in [-0.05, 0) is 31.0 Å². The summed E-state index contributed by atoms with van der Waals surface area (Å²) in [5.41, 5.74) is 4.37. The molecule has 3 nitrogen and oxygen atoms in total. The summed E-state index contributed by atoms with van der Waals surface area (Å²) in [6, 6.07) is 14.3. The van der Waals surface area contributed by atoms with Gasteiger partial charge in [0.25, 0.3) is 0 Å². The Balaban J connectivity index is 2.10. The molecule has 3 heteroatoms. The first kappa shape index (κ1) is 13.7. The zero-order chi connectivity index (χ0) is 14.8. The second-order valence-electron chi connectivity index (χ2n) is 5.40. The van der Waals surface area contributed by atoms with E-state index >= 15 is 0 Å². The quantitative estimate of drug-likeness (QED) is 0.856. The molecule has 1 saturated heterocycles. The fourth-order valence-electron chi connectivity index (χ4n) is 2.74. The molecular weight excluding hydrogens is 262 g/mol. The van der Waals surface area contributed by atoms with Gasteiger partial charge in [-0.3, -0.25) is 4.79 Å². The largest absolute Gasteiger partial charge is 0.497 e. The molecule has 1 aliphatic rings. The van der Waals surface area contributed by atoms with E-state index in [4.69, 9.17) is 4.74 Å². The second-order valence-corrected chi connectivity index (χ2v) is 5.40. The van der Waals surface area contributed by atoms with Crippen molar-refractivity contribution in [1.82, 2.24) is 0 Å². The molecule has 1 amide bonds. The Morgan fingerprint density at radius 2 is 1.86 bits per heavy atom. The lowest BCUT2D eigenvalue weighted by Gasteiger charge is -2.21. The van der Waals surface area contributed by atoms with Crippen LogP contribution in [0.15, 0.2) is 42.5 Å². The minimum absolute atomic E-state index is 0.191. The van der Waals surface area contributed by atoms with Crippen molar-refractivity contribution < 1.29 is 9.53 Å². The fraction of sp³-hybridized carbons (Fsp3) is 0.278. The Morgan fingerprint density at radius 3 is 2.48 bits per heavy atom. The number of anilines is 1. The molecule has 0 N–H and O–H groups in total. The Kier molecular flexibility index (Phi) is 3.65. The van der Waals surface area contributed by atoms with Crippen LogP contribution in [0, 0.1) is 6.92 Å². The van der Waals surface area contributed by atoms with Crippen molar-refractivity contribution in [2.75, 3.05) is 18.6 Å². The average molecular weight is 281 g/mol. The minimum atomic E-state index is 0.191. The van der Waals surface area contributed by atoms with Crippen molar-refractivity contribution >= 4 is 11.6 Å². The molecule has 0 spiro atoms. The van der Waals surface area contributed by atoms with E-state index in [1.165, 1.54) is 5.56 Å². The van der Waals surface area contributed by atoms with E-state index in [-0.39, 0.29) is 5.91 Å². The highest BCUT2D eigenvalue weighted by molar-refractivity contribution is 5.99. The van der Waals surface area contributed by atoms with E-state index in [0.717, 1.165) is 35.5 Å². The first-order valence-corrected chi connectivity index (χ1v) is 7.24. The molecule has 0 atom stereocenters. The molecule has 1 heterocycles. The number of carbonyl (C=O) groups excluding carboxylic acids is 1. The van der Waals surface area contributed by atoms with Gasteiger partial charge in [0, 0.05) is 24.6 Å². The SMILES string of the molecule is COc1ccc(-c2ccc(C)cc2)c(N2CCCC2=O)c1. The van der Waals surface area contributed by atoms with Crippen molar-refractivity contribution in [2.24, 2.45) is 0 Å². The van der Waals surface area contributed by atoms with Gasteiger partial charge in [0.05, 0.1) is 12.8 Å². The van der Waals surface area contributed by atoms with E-state index in [9.17, 15) is 4.79 Å². The molecule has 0 aliphatic carbocycles. The maximum atomic E-state index is 12.1. The molecule has 0 aromatic heterocycles. The van der Waals surface area contributed by atoms with Gasteiger partial charge in [0.2, 0.25) is 5.91 Å². The van der Waals surface area contributed by atoms with Gasteiger partial charge in [-0.15, -0.1) is 0 Å². The molecule has 21 heavy (non-hydrogen) atoms. The Labute approximate surface area is 125 Å². The van der Waals surface area contributed by atoms with E-state index in [1.807, 2.05) is 23.1 Å². The van der Waals surface area contributed by atoms with Gasteiger partial charge >= 0.3 is 0 Å². The lowest BCUT2D eigenvalue weighted by molar-refractivity contribution is -0.117. The van der Waals surface area contributed by atoms with E-state index in [2.05, 4.69) is 31.2 Å². The summed E-state index contributed by atoms with van der Waals surface area (Å²) in [6.45, 7) is 2.85. The third-order valence-corrected chi connectivity index (χ3v) is 3.93. The van der Waals surface area contributed by atoms with Gasteiger partial charge in [-0.2, -0.15) is 0 Å².